The second-order valence-electron chi connectivity index (χ2n) is 7.36. The molecule has 0 radical (unpaired) electrons. The molecule has 0 aliphatic rings. The van der Waals surface area contributed by atoms with Crippen molar-refractivity contribution in [2.24, 2.45) is 0 Å². The minimum atomic E-state index is 0.0959. The van der Waals surface area contributed by atoms with Crippen LogP contribution < -0.4 is 14.4 Å². The summed E-state index contributed by atoms with van der Waals surface area (Å²) in [6.07, 6.45) is 0. The Morgan fingerprint density at radius 3 is 2.39 bits per heavy atom. The zero-order valence-corrected chi connectivity index (χ0v) is 18.9. The second-order valence-corrected chi connectivity index (χ2v) is 7.36. The molecule has 3 aromatic carbocycles. The van der Waals surface area contributed by atoms with Crippen LogP contribution in [0.15, 0.2) is 60.7 Å². The fraction of sp³-hybridized carbons (Fsp3) is 0.346. The zero-order valence-electron chi connectivity index (χ0n) is 18.9. The van der Waals surface area contributed by atoms with E-state index in [4.69, 9.17) is 9.47 Å². The molecule has 3 aromatic rings. The highest BCUT2D eigenvalue weighted by atomic mass is 16.5. The third kappa shape index (κ3) is 5.36. The molecule has 3 rings (SSSR count). The van der Waals surface area contributed by atoms with Crippen LogP contribution >= 0.6 is 0 Å². The number of rotatable bonds is 10. The highest BCUT2D eigenvalue weighted by molar-refractivity contribution is 6.04. The van der Waals surface area contributed by atoms with Crippen molar-refractivity contribution in [2.75, 3.05) is 38.3 Å². The van der Waals surface area contributed by atoms with Gasteiger partial charge in [-0.2, -0.15) is 0 Å². The van der Waals surface area contributed by atoms with Crippen LogP contribution in [0.2, 0.25) is 0 Å². The van der Waals surface area contributed by atoms with Gasteiger partial charge in [-0.1, -0.05) is 49.4 Å². The molecule has 0 N–H and O–H groups in total. The van der Waals surface area contributed by atoms with E-state index in [2.05, 4.69) is 30.0 Å². The molecular weight excluding hydrogens is 388 g/mol. The van der Waals surface area contributed by atoms with E-state index in [1.807, 2.05) is 61.2 Å². The maximum Gasteiger partial charge on any atom is 0.241 e. The predicted octanol–water partition coefficient (Wildman–Crippen LogP) is 5.12. The first kappa shape index (κ1) is 22.6. The molecule has 0 atom stereocenters. The van der Waals surface area contributed by atoms with Gasteiger partial charge < -0.3 is 14.4 Å². The van der Waals surface area contributed by atoms with E-state index in [1.54, 1.807) is 7.11 Å². The van der Waals surface area contributed by atoms with Gasteiger partial charge in [-0.3, -0.25) is 9.69 Å². The first-order chi connectivity index (χ1) is 15.1. The largest absolute Gasteiger partial charge is 0.493 e. The number of carbonyl (C=O) groups excluding carboxylic acids is 1. The highest BCUT2D eigenvalue weighted by Crippen LogP contribution is 2.29. The van der Waals surface area contributed by atoms with Gasteiger partial charge in [-0.05, 0) is 49.5 Å². The standard InChI is InChI=1S/C26H32N2O3/c1-5-27(18-20-15-16-24(31-7-3)25(17-20)30-4)19-26(29)28(6-2)23-14-10-12-21-11-8-9-13-22(21)23/h8-17H,5-7,18-19H2,1-4H3. The number of likely N-dealkylation sites (N-methyl/N-ethyl adjacent to an activating group) is 2. The van der Waals surface area contributed by atoms with Gasteiger partial charge in [0.2, 0.25) is 5.91 Å². The molecule has 0 heterocycles. The lowest BCUT2D eigenvalue weighted by Crippen LogP contribution is -2.40. The van der Waals surface area contributed by atoms with Gasteiger partial charge in [0.05, 0.1) is 25.9 Å². The Bertz CT molecular complexity index is 1010. The van der Waals surface area contributed by atoms with Gasteiger partial charge in [-0.15, -0.1) is 0 Å². The normalized spacial score (nSPS) is 11.0. The monoisotopic (exact) mass is 420 g/mol. The number of nitrogens with zero attached hydrogens (tertiary/aromatic N) is 2. The van der Waals surface area contributed by atoms with Crippen molar-refractivity contribution < 1.29 is 14.3 Å². The van der Waals surface area contributed by atoms with Crippen molar-refractivity contribution in [3.63, 3.8) is 0 Å². The van der Waals surface area contributed by atoms with E-state index in [-0.39, 0.29) is 5.91 Å². The van der Waals surface area contributed by atoms with Crippen LogP contribution in [0.4, 0.5) is 5.69 Å². The lowest BCUT2D eigenvalue weighted by atomic mass is 10.1. The first-order valence-electron chi connectivity index (χ1n) is 10.9. The maximum atomic E-state index is 13.3. The molecule has 0 bridgehead atoms. The molecular formula is C26H32N2O3. The number of anilines is 1. The van der Waals surface area contributed by atoms with Crippen LogP contribution in [0.25, 0.3) is 10.8 Å². The maximum absolute atomic E-state index is 13.3. The molecule has 0 saturated heterocycles. The fourth-order valence-corrected chi connectivity index (χ4v) is 3.82. The average molecular weight is 421 g/mol. The van der Waals surface area contributed by atoms with Gasteiger partial charge in [0.1, 0.15) is 0 Å². The van der Waals surface area contributed by atoms with Crippen LogP contribution in [0.3, 0.4) is 0 Å². The number of fused-ring (bicyclic) bond motifs is 1. The summed E-state index contributed by atoms with van der Waals surface area (Å²) < 4.78 is 11.1. The van der Waals surface area contributed by atoms with Gasteiger partial charge >= 0.3 is 0 Å². The third-order valence-corrected chi connectivity index (χ3v) is 5.41. The summed E-state index contributed by atoms with van der Waals surface area (Å²) in [5.41, 5.74) is 2.05. The minimum absolute atomic E-state index is 0.0959. The summed E-state index contributed by atoms with van der Waals surface area (Å²) in [4.78, 5) is 17.3. The zero-order chi connectivity index (χ0) is 22.2. The van der Waals surface area contributed by atoms with Crippen LogP contribution in [0, 0.1) is 0 Å². The molecule has 0 aromatic heterocycles. The minimum Gasteiger partial charge on any atom is -0.493 e. The van der Waals surface area contributed by atoms with Crippen molar-refractivity contribution in [3.05, 3.63) is 66.2 Å². The Balaban J connectivity index is 1.77. The molecule has 0 aliphatic heterocycles. The van der Waals surface area contributed by atoms with Gasteiger partial charge in [0.25, 0.3) is 0 Å². The van der Waals surface area contributed by atoms with E-state index >= 15 is 0 Å². The van der Waals surface area contributed by atoms with E-state index in [9.17, 15) is 4.79 Å². The lowest BCUT2D eigenvalue weighted by Gasteiger charge is -2.27. The Hall–Kier alpha value is -3.05. The van der Waals surface area contributed by atoms with Crippen molar-refractivity contribution >= 4 is 22.4 Å². The van der Waals surface area contributed by atoms with Crippen LogP contribution in [0.1, 0.15) is 26.3 Å². The molecule has 0 unspecified atom stereocenters. The summed E-state index contributed by atoms with van der Waals surface area (Å²) >= 11 is 0. The topological polar surface area (TPSA) is 42.0 Å². The van der Waals surface area contributed by atoms with E-state index < -0.39 is 0 Å². The van der Waals surface area contributed by atoms with Crippen molar-refractivity contribution in [3.8, 4) is 11.5 Å². The smallest absolute Gasteiger partial charge is 0.241 e. The van der Waals surface area contributed by atoms with Crippen LogP contribution in [-0.2, 0) is 11.3 Å². The predicted molar refractivity (Wildman–Crippen MR) is 127 cm³/mol. The van der Waals surface area contributed by atoms with E-state index in [0.29, 0.717) is 32.0 Å². The van der Waals surface area contributed by atoms with Crippen LogP contribution in [0.5, 0.6) is 11.5 Å². The molecule has 5 heteroatoms. The molecule has 0 spiro atoms. The molecule has 164 valence electrons. The molecule has 0 fully saturated rings. The summed E-state index contributed by atoms with van der Waals surface area (Å²) in [7, 11) is 1.64. The highest BCUT2D eigenvalue weighted by Gasteiger charge is 2.19. The summed E-state index contributed by atoms with van der Waals surface area (Å²) in [6, 6.07) is 20.3. The number of benzene rings is 3. The number of hydrogen-bond donors (Lipinski definition) is 0. The Morgan fingerprint density at radius 1 is 0.903 bits per heavy atom. The lowest BCUT2D eigenvalue weighted by molar-refractivity contribution is -0.119. The number of hydrogen-bond acceptors (Lipinski definition) is 4. The number of amides is 1. The molecule has 0 aliphatic carbocycles. The Morgan fingerprint density at radius 2 is 1.68 bits per heavy atom. The van der Waals surface area contributed by atoms with Crippen molar-refractivity contribution in [1.82, 2.24) is 4.90 Å². The Kier molecular flexibility index (Phi) is 7.90. The molecule has 1 amide bonds. The summed E-state index contributed by atoms with van der Waals surface area (Å²) in [6.45, 7) is 9.05. The van der Waals surface area contributed by atoms with Crippen molar-refractivity contribution in [2.45, 2.75) is 27.3 Å². The second kappa shape index (κ2) is 10.8. The van der Waals surface area contributed by atoms with E-state index in [0.717, 1.165) is 34.3 Å². The average Bonchev–Trinajstić information content (AvgIpc) is 2.80. The van der Waals surface area contributed by atoms with Gasteiger partial charge in [0, 0.05) is 18.5 Å². The Labute approximate surface area is 185 Å². The number of carbonyl (C=O) groups is 1. The van der Waals surface area contributed by atoms with Crippen molar-refractivity contribution in [1.29, 1.82) is 0 Å². The first-order valence-corrected chi connectivity index (χ1v) is 10.9. The molecule has 0 saturated carbocycles. The fourth-order valence-electron chi connectivity index (χ4n) is 3.82. The third-order valence-electron chi connectivity index (χ3n) is 5.41. The van der Waals surface area contributed by atoms with Crippen LogP contribution in [-0.4, -0.2) is 44.2 Å². The summed E-state index contributed by atoms with van der Waals surface area (Å²) in [5.74, 6) is 1.55. The quantitative estimate of drug-likeness (QED) is 0.456. The van der Waals surface area contributed by atoms with Gasteiger partial charge in [-0.25, -0.2) is 0 Å². The van der Waals surface area contributed by atoms with E-state index in [1.165, 1.54) is 0 Å². The van der Waals surface area contributed by atoms with Gasteiger partial charge in [0.15, 0.2) is 11.5 Å². The molecule has 5 nitrogen and oxygen atoms in total. The summed E-state index contributed by atoms with van der Waals surface area (Å²) in [5, 5.41) is 2.24. The number of methoxy groups -OCH3 is 1. The SMILES string of the molecule is CCOc1ccc(CN(CC)CC(=O)N(CC)c2cccc3ccccc23)cc1OC. The number of ether oxygens (including phenoxy) is 2. The molecule has 31 heavy (non-hydrogen) atoms.